The van der Waals surface area contributed by atoms with Gasteiger partial charge in [-0.1, -0.05) is 30.0 Å². The molecule has 0 aliphatic carbocycles. The lowest BCUT2D eigenvalue weighted by molar-refractivity contribution is -0.109. The predicted molar refractivity (Wildman–Crippen MR) is 60.2 cm³/mol. The number of aromatic hydroxyl groups is 1. The number of thioether (sulfide) groups is 1. The van der Waals surface area contributed by atoms with E-state index in [2.05, 4.69) is 0 Å². The molecular formula is C11H11FO2S. The van der Waals surface area contributed by atoms with Crippen molar-refractivity contribution < 1.29 is 14.3 Å². The number of carbonyl (C=O) groups is 1. The van der Waals surface area contributed by atoms with Gasteiger partial charge in [0.05, 0.1) is 5.56 Å². The van der Waals surface area contributed by atoms with Crippen LogP contribution >= 0.6 is 11.8 Å². The summed E-state index contributed by atoms with van der Waals surface area (Å²) in [5.74, 6) is -0.0959. The first-order valence-corrected chi connectivity index (χ1v) is 5.37. The van der Waals surface area contributed by atoms with Gasteiger partial charge in [-0.3, -0.25) is 4.79 Å². The van der Waals surface area contributed by atoms with Crippen molar-refractivity contribution in [2.45, 2.75) is 6.92 Å². The first-order valence-electron chi connectivity index (χ1n) is 4.38. The first kappa shape index (κ1) is 11.8. The Labute approximate surface area is 91.8 Å². The van der Waals surface area contributed by atoms with Gasteiger partial charge >= 0.3 is 0 Å². The molecule has 0 atom stereocenters. The lowest BCUT2D eigenvalue weighted by Crippen LogP contribution is -1.84. The third kappa shape index (κ3) is 3.75. The van der Waals surface area contributed by atoms with Gasteiger partial charge in [-0.05, 0) is 12.1 Å². The predicted octanol–water partition coefficient (Wildman–Crippen LogP) is 2.82. The second-order valence-electron chi connectivity index (χ2n) is 2.88. The smallest absolute Gasteiger partial charge is 0.186 e. The molecular weight excluding hydrogens is 215 g/mol. The molecule has 0 aromatic heterocycles. The Balaban J connectivity index is 2.67. The Morgan fingerprint density at radius 2 is 2.33 bits per heavy atom. The van der Waals surface area contributed by atoms with Crippen LogP contribution in [0.15, 0.2) is 24.3 Å². The van der Waals surface area contributed by atoms with Gasteiger partial charge in [0, 0.05) is 12.7 Å². The molecule has 0 bridgehead atoms. The van der Waals surface area contributed by atoms with Gasteiger partial charge in [-0.2, -0.15) is 0 Å². The van der Waals surface area contributed by atoms with E-state index in [-0.39, 0.29) is 16.4 Å². The highest BCUT2D eigenvalue weighted by molar-refractivity contribution is 8.13. The van der Waals surface area contributed by atoms with Gasteiger partial charge in [0.2, 0.25) is 0 Å². The first-order chi connectivity index (χ1) is 7.11. The van der Waals surface area contributed by atoms with E-state index in [0.717, 1.165) is 11.8 Å². The number of phenols is 1. The Kier molecular flexibility index (Phi) is 4.37. The minimum atomic E-state index is -0.473. The van der Waals surface area contributed by atoms with Crippen LogP contribution in [0, 0.1) is 5.82 Å². The largest absolute Gasteiger partial charge is 0.507 e. The maximum Gasteiger partial charge on any atom is 0.186 e. The number of phenolic OH excluding ortho intramolecular Hbond substituents is 1. The van der Waals surface area contributed by atoms with Crippen LogP contribution in [0.3, 0.4) is 0 Å². The third-order valence-corrected chi connectivity index (χ3v) is 2.46. The van der Waals surface area contributed by atoms with Crippen LogP contribution in [-0.4, -0.2) is 16.0 Å². The van der Waals surface area contributed by atoms with Crippen molar-refractivity contribution in [1.82, 2.24) is 0 Å². The second-order valence-corrected chi connectivity index (χ2v) is 4.07. The molecule has 1 aromatic carbocycles. The fourth-order valence-corrected chi connectivity index (χ4v) is 1.45. The SMILES string of the molecule is CC(=O)SCC=Cc1c(O)cccc1F. The Morgan fingerprint density at radius 3 is 2.93 bits per heavy atom. The maximum atomic E-state index is 13.2. The molecule has 0 fully saturated rings. The summed E-state index contributed by atoms with van der Waals surface area (Å²) in [6.45, 7) is 1.47. The van der Waals surface area contributed by atoms with Crippen molar-refractivity contribution in [3.63, 3.8) is 0 Å². The number of carbonyl (C=O) groups excluding carboxylic acids is 1. The minimum absolute atomic E-state index is 0.0115. The number of benzene rings is 1. The molecule has 0 spiro atoms. The normalized spacial score (nSPS) is 10.8. The molecule has 1 rings (SSSR count). The Hall–Kier alpha value is -1.29. The number of hydrogen-bond donors (Lipinski definition) is 1. The molecule has 4 heteroatoms. The van der Waals surface area contributed by atoms with Crippen molar-refractivity contribution in [1.29, 1.82) is 0 Å². The van der Waals surface area contributed by atoms with Crippen molar-refractivity contribution in [2.75, 3.05) is 5.75 Å². The summed E-state index contributed by atoms with van der Waals surface area (Å²) < 4.78 is 13.2. The van der Waals surface area contributed by atoms with Gasteiger partial charge in [0.1, 0.15) is 11.6 Å². The highest BCUT2D eigenvalue weighted by Crippen LogP contribution is 2.21. The highest BCUT2D eigenvalue weighted by atomic mass is 32.2. The van der Waals surface area contributed by atoms with E-state index in [9.17, 15) is 14.3 Å². The fourth-order valence-electron chi connectivity index (χ4n) is 1.02. The minimum Gasteiger partial charge on any atom is -0.507 e. The van der Waals surface area contributed by atoms with E-state index in [1.165, 1.54) is 31.2 Å². The van der Waals surface area contributed by atoms with Crippen molar-refractivity contribution >= 4 is 23.0 Å². The van der Waals surface area contributed by atoms with Crippen molar-refractivity contribution in [3.05, 3.63) is 35.7 Å². The van der Waals surface area contributed by atoms with Gasteiger partial charge in [0.15, 0.2) is 5.12 Å². The van der Waals surface area contributed by atoms with Gasteiger partial charge in [0.25, 0.3) is 0 Å². The molecule has 0 saturated heterocycles. The number of halogens is 1. The molecule has 1 aromatic rings. The molecule has 1 N–H and O–H groups in total. The van der Waals surface area contributed by atoms with Crippen LogP contribution < -0.4 is 0 Å². The van der Waals surface area contributed by atoms with E-state index in [1.54, 1.807) is 6.08 Å². The summed E-state index contributed by atoms with van der Waals surface area (Å²) in [6.07, 6.45) is 3.12. The summed E-state index contributed by atoms with van der Waals surface area (Å²) >= 11 is 1.13. The monoisotopic (exact) mass is 226 g/mol. The van der Waals surface area contributed by atoms with Crippen LogP contribution in [0.5, 0.6) is 5.75 Å². The Bertz CT molecular complexity index is 368. The van der Waals surface area contributed by atoms with E-state index in [1.807, 2.05) is 0 Å². The van der Waals surface area contributed by atoms with Crippen molar-refractivity contribution in [3.8, 4) is 5.75 Å². The number of hydrogen-bond acceptors (Lipinski definition) is 3. The van der Waals surface area contributed by atoms with E-state index in [0.29, 0.717) is 5.75 Å². The number of rotatable bonds is 3. The van der Waals surface area contributed by atoms with Gasteiger partial charge < -0.3 is 5.11 Å². The lowest BCUT2D eigenvalue weighted by atomic mass is 10.2. The fraction of sp³-hybridized carbons (Fsp3) is 0.182. The lowest BCUT2D eigenvalue weighted by Gasteiger charge is -1.99. The van der Waals surface area contributed by atoms with Gasteiger partial charge in [-0.15, -0.1) is 0 Å². The van der Waals surface area contributed by atoms with Crippen LogP contribution in [0.25, 0.3) is 6.08 Å². The molecule has 80 valence electrons. The van der Waals surface area contributed by atoms with E-state index >= 15 is 0 Å². The quantitative estimate of drug-likeness (QED) is 0.861. The van der Waals surface area contributed by atoms with Crippen molar-refractivity contribution in [2.24, 2.45) is 0 Å². The van der Waals surface area contributed by atoms with E-state index < -0.39 is 5.82 Å². The van der Waals surface area contributed by atoms with Crippen LogP contribution in [0.4, 0.5) is 4.39 Å². The zero-order valence-electron chi connectivity index (χ0n) is 8.24. The molecule has 2 nitrogen and oxygen atoms in total. The van der Waals surface area contributed by atoms with Crippen LogP contribution in [0.1, 0.15) is 12.5 Å². The summed E-state index contributed by atoms with van der Waals surface area (Å²) in [5, 5.41) is 9.35. The van der Waals surface area contributed by atoms with Crippen LogP contribution in [0.2, 0.25) is 0 Å². The van der Waals surface area contributed by atoms with E-state index in [4.69, 9.17) is 0 Å². The molecule has 0 radical (unpaired) electrons. The highest BCUT2D eigenvalue weighted by Gasteiger charge is 2.02. The molecule has 0 aliphatic heterocycles. The average molecular weight is 226 g/mol. The summed E-state index contributed by atoms with van der Waals surface area (Å²) in [7, 11) is 0. The zero-order chi connectivity index (χ0) is 11.3. The van der Waals surface area contributed by atoms with Crippen LogP contribution in [-0.2, 0) is 4.79 Å². The topological polar surface area (TPSA) is 37.3 Å². The summed E-state index contributed by atoms with van der Waals surface area (Å²) in [5.41, 5.74) is 0.154. The summed E-state index contributed by atoms with van der Waals surface area (Å²) in [4.78, 5) is 10.6. The summed E-state index contributed by atoms with van der Waals surface area (Å²) in [6, 6.07) is 4.13. The molecule has 0 unspecified atom stereocenters. The standard InChI is InChI=1S/C11H11FO2S/c1-8(13)15-7-3-4-9-10(12)5-2-6-11(9)14/h2-6,14H,7H2,1H3. The molecule has 0 saturated carbocycles. The zero-order valence-corrected chi connectivity index (χ0v) is 9.05. The molecule has 15 heavy (non-hydrogen) atoms. The molecule has 0 amide bonds. The third-order valence-electron chi connectivity index (χ3n) is 1.70. The average Bonchev–Trinajstić information content (AvgIpc) is 2.15. The molecule has 0 heterocycles. The Morgan fingerprint density at radius 1 is 1.60 bits per heavy atom. The van der Waals surface area contributed by atoms with Gasteiger partial charge in [-0.25, -0.2) is 4.39 Å². The second kappa shape index (κ2) is 5.56. The maximum absolute atomic E-state index is 13.2. The molecule has 0 aliphatic rings.